The molecule has 93 valence electrons. The molecule has 2 unspecified atom stereocenters. The molecule has 0 aliphatic carbocycles. The average Bonchev–Trinajstić information content (AvgIpc) is 2.25. The summed E-state index contributed by atoms with van der Waals surface area (Å²) in [6.45, 7) is 9.61. The summed E-state index contributed by atoms with van der Waals surface area (Å²) in [4.78, 5) is 10.7. The van der Waals surface area contributed by atoms with Gasteiger partial charge in [-0.05, 0) is 46.0 Å². The van der Waals surface area contributed by atoms with E-state index in [9.17, 15) is 10.0 Å². The molecule has 4 heteroatoms. The van der Waals surface area contributed by atoms with Gasteiger partial charge in [-0.2, -0.15) is 0 Å². The molecule has 1 rings (SSSR count). The van der Waals surface area contributed by atoms with Crippen molar-refractivity contribution in [2.45, 2.75) is 58.5 Å². The molecule has 1 saturated heterocycles. The molecule has 0 aromatic rings. The topological polar surface area (TPSA) is 60.4 Å². The Kier molecular flexibility index (Phi) is 3.37. The molecule has 1 radical (unpaired) electrons. The molecule has 1 N–H and O–H groups in total. The van der Waals surface area contributed by atoms with Crippen LogP contribution in [-0.2, 0) is 10.0 Å². The predicted octanol–water partition coefficient (Wildman–Crippen LogP) is 2.32. The van der Waals surface area contributed by atoms with Crippen molar-refractivity contribution < 1.29 is 15.1 Å². The number of carboxylic acids is 1. The number of carboxylic acid groups (broad SMARTS) is 1. The lowest BCUT2D eigenvalue weighted by molar-refractivity contribution is -0.249. The van der Waals surface area contributed by atoms with Crippen LogP contribution in [0.4, 0.5) is 0 Å². The number of aliphatic carboxylic acids is 1. The number of hydrogen-bond donors (Lipinski definition) is 1. The van der Waals surface area contributed by atoms with Crippen LogP contribution in [0.5, 0.6) is 0 Å². The van der Waals surface area contributed by atoms with Crippen LogP contribution in [0, 0.1) is 11.8 Å². The maximum atomic E-state index is 12.1. The van der Waals surface area contributed by atoms with Gasteiger partial charge in [0, 0.05) is 17.5 Å². The average molecular weight is 228 g/mol. The van der Waals surface area contributed by atoms with Gasteiger partial charge in [0.05, 0.1) is 0 Å². The van der Waals surface area contributed by atoms with Crippen molar-refractivity contribution in [3.63, 3.8) is 0 Å². The van der Waals surface area contributed by atoms with Crippen molar-refractivity contribution >= 4 is 5.97 Å². The summed E-state index contributed by atoms with van der Waals surface area (Å²) in [6.07, 6.45) is 0.899. The third kappa shape index (κ3) is 2.23. The van der Waals surface area contributed by atoms with Gasteiger partial charge in [0.1, 0.15) is 0 Å². The second-order valence-corrected chi connectivity index (χ2v) is 6.15. The highest BCUT2D eigenvalue weighted by Gasteiger charge is 2.53. The lowest BCUT2D eigenvalue weighted by Gasteiger charge is -2.35. The molecule has 0 amide bonds. The Bertz CT molecular complexity index is 286. The second-order valence-electron chi connectivity index (χ2n) is 6.15. The molecular weight excluding hydrogens is 206 g/mol. The molecular formula is C12H22NO3. The lowest BCUT2D eigenvalue weighted by atomic mass is 9.77. The first kappa shape index (κ1) is 13.5. The van der Waals surface area contributed by atoms with Crippen LogP contribution in [0.1, 0.15) is 47.5 Å². The highest BCUT2D eigenvalue weighted by molar-refractivity contribution is 5.67. The Morgan fingerprint density at radius 2 is 1.94 bits per heavy atom. The van der Waals surface area contributed by atoms with Gasteiger partial charge in [0.2, 0.25) is 0 Å². The Morgan fingerprint density at radius 1 is 1.44 bits per heavy atom. The first-order valence-electron chi connectivity index (χ1n) is 5.78. The molecule has 0 spiro atoms. The number of rotatable bonds is 3. The number of hydrogen-bond acceptors (Lipinski definition) is 2. The zero-order valence-corrected chi connectivity index (χ0v) is 10.8. The van der Waals surface area contributed by atoms with Gasteiger partial charge in [-0.3, -0.25) is 4.79 Å². The van der Waals surface area contributed by atoms with Gasteiger partial charge in [0.15, 0.2) is 0 Å². The van der Waals surface area contributed by atoms with E-state index in [1.165, 1.54) is 0 Å². The molecule has 0 aromatic heterocycles. The maximum absolute atomic E-state index is 12.1. The van der Waals surface area contributed by atoms with E-state index in [-0.39, 0.29) is 23.8 Å². The fourth-order valence-electron chi connectivity index (χ4n) is 3.12. The Hall–Kier alpha value is -0.610. The fourth-order valence-corrected chi connectivity index (χ4v) is 3.12. The molecule has 1 heterocycles. The second kappa shape index (κ2) is 4.00. The first-order valence-corrected chi connectivity index (χ1v) is 5.78. The summed E-state index contributed by atoms with van der Waals surface area (Å²) < 4.78 is 0. The van der Waals surface area contributed by atoms with E-state index < -0.39 is 11.5 Å². The Balaban J connectivity index is 2.86. The molecule has 4 nitrogen and oxygen atoms in total. The first-order chi connectivity index (χ1) is 7.09. The van der Waals surface area contributed by atoms with Crippen molar-refractivity contribution in [2.75, 3.05) is 0 Å². The molecule has 0 aromatic carbocycles. The van der Waals surface area contributed by atoms with Crippen LogP contribution in [0.25, 0.3) is 0 Å². The van der Waals surface area contributed by atoms with Crippen molar-refractivity contribution in [1.29, 1.82) is 0 Å². The third-order valence-electron chi connectivity index (χ3n) is 3.88. The van der Waals surface area contributed by atoms with E-state index in [0.29, 0.717) is 0 Å². The molecule has 16 heavy (non-hydrogen) atoms. The van der Waals surface area contributed by atoms with Crippen molar-refractivity contribution in [2.24, 2.45) is 11.8 Å². The minimum absolute atomic E-state index is 0.0331. The van der Waals surface area contributed by atoms with Gasteiger partial charge in [-0.1, -0.05) is 6.92 Å². The van der Waals surface area contributed by atoms with E-state index in [1.54, 1.807) is 0 Å². The third-order valence-corrected chi connectivity index (χ3v) is 3.88. The van der Waals surface area contributed by atoms with E-state index in [0.717, 1.165) is 11.5 Å². The standard InChI is InChI=1S/C12H22NO3/c1-8(6-10(14)15)9-7-11(2,3)13(16)12(9,4)5/h8-9H,6-7H2,1-5H3,(H,14,15). The van der Waals surface area contributed by atoms with Crippen LogP contribution in [0.2, 0.25) is 0 Å². The predicted molar refractivity (Wildman–Crippen MR) is 60.2 cm³/mol. The lowest BCUT2D eigenvalue weighted by Crippen LogP contribution is -2.47. The van der Waals surface area contributed by atoms with E-state index in [1.807, 2.05) is 34.6 Å². The van der Waals surface area contributed by atoms with Gasteiger partial charge in [0.25, 0.3) is 0 Å². The number of hydroxylamine groups is 2. The van der Waals surface area contributed by atoms with Crippen molar-refractivity contribution in [3.05, 3.63) is 0 Å². The quantitative estimate of drug-likeness (QED) is 0.806. The van der Waals surface area contributed by atoms with Crippen molar-refractivity contribution in [1.82, 2.24) is 5.06 Å². The minimum atomic E-state index is -0.787. The zero-order chi connectivity index (χ0) is 12.7. The van der Waals surface area contributed by atoms with Crippen LogP contribution in [-0.4, -0.2) is 27.2 Å². The van der Waals surface area contributed by atoms with Crippen LogP contribution >= 0.6 is 0 Å². The van der Waals surface area contributed by atoms with Gasteiger partial charge in [-0.25, -0.2) is 0 Å². The molecule has 0 bridgehead atoms. The maximum Gasteiger partial charge on any atom is 0.303 e. The van der Waals surface area contributed by atoms with E-state index in [4.69, 9.17) is 5.11 Å². The molecule has 1 aliphatic heterocycles. The monoisotopic (exact) mass is 228 g/mol. The molecule has 2 atom stereocenters. The number of nitrogens with zero attached hydrogens (tertiary/aromatic N) is 1. The largest absolute Gasteiger partial charge is 0.481 e. The van der Waals surface area contributed by atoms with Gasteiger partial charge in [-0.15, -0.1) is 10.3 Å². The smallest absolute Gasteiger partial charge is 0.303 e. The summed E-state index contributed by atoms with van der Waals surface area (Å²) in [5.74, 6) is -0.618. The van der Waals surface area contributed by atoms with Crippen LogP contribution < -0.4 is 0 Å². The van der Waals surface area contributed by atoms with Crippen molar-refractivity contribution in [3.8, 4) is 0 Å². The fraction of sp³-hybridized carbons (Fsp3) is 0.917. The number of carbonyl (C=O) groups is 1. The summed E-state index contributed by atoms with van der Waals surface area (Å²) in [5, 5.41) is 22.1. The Labute approximate surface area is 97.2 Å². The molecule has 0 saturated carbocycles. The summed E-state index contributed by atoms with van der Waals surface area (Å²) in [6, 6.07) is 0. The molecule has 1 aliphatic rings. The zero-order valence-electron chi connectivity index (χ0n) is 10.8. The summed E-state index contributed by atoms with van der Waals surface area (Å²) in [7, 11) is 0. The van der Waals surface area contributed by atoms with Crippen LogP contribution in [0.15, 0.2) is 0 Å². The normalized spacial score (nSPS) is 30.2. The highest BCUT2D eigenvalue weighted by atomic mass is 16.5. The van der Waals surface area contributed by atoms with Gasteiger partial charge < -0.3 is 5.11 Å². The summed E-state index contributed by atoms with van der Waals surface area (Å²) >= 11 is 0. The van der Waals surface area contributed by atoms with E-state index in [2.05, 4.69) is 0 Å². The SMILES string of the molecule is CC(CC(=O)O)C1CC(C)(C)N([O])C1(C)C. The highest BCUT2D eigenvalue weighted by Crippen LogP contribution is 2.47. The minimum Gasteiger partial charge on any atom is -0.481 e. The van der Waals surface area contributed by atoms with E-state index >= 15 is 0 Å². The van der Waals surface area contributed by atoms with Crippen LogP contribution in [0.3, 0.4) is 0 Å². The summed E-state index contributed by atoms with van der Waals surface area (Å²) in [5.41, 5.74) is -0.862. The van der Waals surface area contributed by atoms with Gasteiger partial charge >= 0.3 is 5.97 Å². The Morgan fingerprint density at radius 3 is 2.25 bits per heavy atom. The molecule has 1 fully saturated rings.